The van der Waals surface area contributed by atoms with Crippen LogP contribution >= 0.6 is 7.82 Å². The molecule has 1 atom stereocenters. The van der Waals surface area contributed by atoms with Crippen molar-refractivity contribution in [3.05, 3.63) is 63.9 Å². The number of phosphoric acid groups is 1. The van der Waals surface area contributed by atoms with E-state index in [1.165, 1.54) is 24.4 Å². The summed E-state index contributed by atoms with van der Waals surface area (Å²) in [6, 6.07) is 6.31. The van der Waals surface area contributed by atoms with Crippen molar-refractivity contribution < 1.29 is 56.9 Å². The minimum Gasteiger partial charge on any atom is -0.488 e. The molecular formula is C29H30F2N3O11P. The summed E-state index contributed by atoms with van der Waals surface area (Å²) in [5.41, 5.74) is -1.78. The third kappa shape index (κ3) is 6.57. The summed E-state index contributed by atoms with van der Waals surface area (Å²) in [6.45, 7) is -0.517. The Kier molecular flexibility index (Phi) is 8.27. The standard InChI is InChI=1S/C29H30F2N3O11P/c30-21-10-19-23(33(16-1-2-16)13-20(26(19)35)27(36)37)11-24(21)32-7-5-29(39,6-8-32)15-43-25-4-3-17(9-22(25)31)34-12-18(45-28(34)38)14-44-46(40,41)42/h3-4,9-11,13,16,18,39H,1-2,5-8,12,14-15H2,(H,36,37)(H2,40,41,42)/t18-/m1/s1. The van der Waals surface area contributed by atoms with Crippen LogP contribution in [-0.2, 0) is 13.8 Å². The first kappa shape index (κ1) is 31.9. The van der Waals surface area contributed by atoms with Gasteiger partial charge in [0.2, 0.25) is 5.43 Å². The molecule has 4 N–H and O–H groups in total. The Morgan fingerprint density at radius 3 is 2.43 bits per heavy atom. The van der Waals surface area contributed by atoms with Gasteiger partial charge in [-0.2, -0.15) is 0 Å². The molecule has 3 fully saturated rings. The fraction of sp³-hybridized carbons (Fsp3) is 0.414. The monoisotopic (exact) mass is 665 g/mol. The molecule has 3 aromatic rings. The summed E-state index contributed by atoms with van der Waals surface area (Å²) in [7, 11) is -4.76. The number of rotatable bonds is 10. The highest BCUT2D eigenvalue weighted by Gasteiger charge is 2.37. The number of phosphoric ester groups is 1. The molecule has 14 nitrogen and oxygen atoms in total. The minimum absolute atomic E-state index is 0.0154. The Labute approximate surface area is 259 Å². The lowest BCUT2D eigenvalue weighted by molar-refractivity contribution is -0.0250. The molecule has 2 saturated heterocycles. The van der Waals surface area contributed by atoms with E-state index in [0.717, 1.165) is 29.9 Å². The maximum atomic E-state index is 15.3. The quantitative estimate of drug-likeness (QED) is 0.232. The van der Waals surface area contributed by atoms with Gasteiger partial charge in [0.1, 0.15) is 29.7 Å². The summed E-state index contributed by atoms with van der Waals surface area (Å²) in [5.74, 6) is -3.08. The van der Waals surface area contributed by atoms with Gasteiger partial charge in [0.15, 0.2) is 11.6 Å². The van der Waals surface area contributed by atoms with E-state index in [1.807, 2.05) is 0 Å². The molecule has 0 spiro atoms. The van der Waals surface area contributed by atoms with Crippen LogP contribution in [0.3, 0.4) is 0 Å². The number of amides is 1. The van der Waals surface area contributed by atoms with Gasteiger partial charge in [-0.15, -0.1) is 0 Å². The zero-order valence-electron chi connectivity index (χ0n) is 24.2. The van der Waals surface area contributed by atoms with Crippen LogP contribution in [0, 0.1) is 11.6 Å². The number of fused-ring (bicyclic) bond motifs is 1. The predicted molar refractivity (Wildman–Crippen MR) is 157 cm³/mol. The molecule has 2 aliphatic heterocycles. The molecule has 2 aromatic carbocycles. The molecule has 1 aliphatic carbocycles. The highest BCUT2D eigenvalue weighted by Crippen LogP contribution is 2.39. The number of aliphatic hydroxyl groups is 1. The largest absolute Gasteiger partial charge is 0.488 e. The minimum atomic E-state index is -4.76. The summed E-state index contributed by atoms with van der Waals surface area (Å²) in [4.78, 5) is 57.0. The first-order chi connectivity index (χ1) is 21.7. The summed E-state index contributed by atoms with van der Waals surface area (Å²) < 4.78 is 57.8. The van der Waals surface area contributed by atoms with E-state index in [-0.39, 0.29) is 67.6 Å². The molecule has 3 heterocycles. The molecule has 1 amide bonds. The number of aromatic carboxylic acids is 1. The maximum Gasteiger partial charge on any atom is 0.469 e. The fourth-order valence-corrected chi connectivity index (χ4v) is 6.06. The Bertz CT molecular complexity index is 1820. The zero-order valence-corrected chi connectivity index (χ0v) is 25.1. The Balaban J connectivity index is 1.10. The second-order valence-corrected chi connectivity index (χ2v) is 12.9. The third-order valence-corrected chi connectivity index (χ3v) is 8.82. The number of piperidine rings is 1. The average Bonchev–Trinajstić information content (AvgIpc) is 3.77. The molecule has 0 radical (unpaired) electrons. The number of carboxylic acids is 1. The van der Waals surface area contributed by atoms with E-state index in [0.29, 0.717) is 5.52 Å². The van der Waals surface area contributed by atoms with Crippen molar-refractivity contribution in [2.24, 2.45) is 0 Å². The number of carbonyl (C=O) groups excluding carboxylic acids is 1. The van der Waals surface area contributed by atoms with Gasteiger partial charge >= 0.3 is 19.9 Å². The van der Waals surface area contributed by atoms with Crippen LogP contribution in [0.5, 0.6) is 5.75 Å². The lowest BCUT2D eigenvalue weighted by atomic mass is 9.92. The number of ether oxygens (including phenoxy) is 2. The second-order valence-electron chi connectivity index (χ2n) is 11.7. The molecular weight excluding hydrogens is 635 g/mol. The highest BCUT2D eigenvalue weighted by atomic mass is 31.2. The SMILES string of the molecule is O=C(O)c1cn(C2CC2)c2cc(N3CCC(O)(COc4ccc(N5C[C@H](COP(=O)(O)O)OC5=O)cc4F)CC3)c(F)cc2c1=O. The van der Waals surface area contributed by atoms with Crippen molar-refractivity contribution in [3.63, 3.8) is 0 Å². The average molecular weight is 666 g/mol. The van der Waals surface area contributed by atoms with Gasteiger partial charge in [0.05, 0.1) is 30.0 Å². The van der Waals surface area contributed by atoms with Gasteiger partial charge in [-0.05, 0) is 49.9 Å². The van der Waals surface area contributed by atoms with Gasteiger partial charge in [0, 0.05) is 36.8 Å². The molecule has 0 unspecified atom stereocenters. The van der Waals surface area contributed by atoms with Gasteiger partial charge in [-0.3, -0.25) is 14.2 Å². The van der Waals surface area contributed by atoms with Crippen molar-refractivity contribution in [2.45, 2.75) is 43.4 Å². The number of hydrogen-bond donors (Lipinski definition) is 4. The molecule has 3 aliphatic rings. The van der Waals surface area contributed by atoms with Crippen molar-refractivity contribution in [3.8, 4) is 5.75 Å². The van der Waals surface area contributed by atoms with E-state index in [1.54, 1.807) is 9.47 Å². The highest BCUT2D eigenvalue weighted by molar-refractivity contribution is 7.46. The van der Waals surface area contributed by atoms with E-state index in [9.17, 15) is 33.6 Å². The maximum absolute atomic E-state index is 15.3. The smallest absolute Gasteiger partial charge is 0.469 e. The second kappa shape index (κ2) is 11.9. The fourth-order valence-electron chi connectivity index (χ4n) is 5.70. The first-order valence-corrected chi connectivity index (χ1v) is 15.9. The molecule has 1 aromatic heterocycles. The van der Waals surface area contributed by atoms with Crippen LogP contribution in [-0.4, -0.2) is 81.2 Å². The van der Waals surface area contributed by atoms with Crippen LogP contribution in [0.4, 0.5) is 25.0 Å². The Morgan fingerprint density at radius 1 is 1.09 bits per heavy atom. The van der Waals surface area contributed by atoms with Crippen molar-refractivity contribution in [2.75, 3.05) is 42.6 Å². The number of aromatic nitrogens is 1. The van der Waals surface area contributed by atoms with E-state index >= 15 is 4.39 Å². The van der Waals surface area contributed by atoms with Gasteiger partial charge in [0.25, 0.3) is 0 Å². The molecule has 0 bridgehead atoms. The predicted octanol–water partition coefficient (Wildman–Crippen LogP) is 3.16. The first-order valence-electron chi connectivity index (χ1n) is 14.4. The number of benzene rings is 2. The van der Waals surface area contributed by atoms with Crippen LogP contribution in [0.2, 0.25) is 0 Å². The van der Waals surface area contributed by atoms with Crippen molar-refractivity contribution in [1.82, 2.24) is 4.57 Å². The Hall–Kier alpha value is -4.08. The van der Waals surface area contributed by atoms with Crippen LogP contribution in [0.25, 0.3) is 10.9 Å². The lowest BCUT2D eigenvalue weighted by Crippen LogP contribution is -2.48. The Morgan fingerprint density at radius 2 is 1.80 bits per heavy atom. The number of pyridine rings is 1. The number of carbonyl (C=O) groups is 2. The number of nitrogens with zero attached hydrogens (tertiary/aromatic N) is 3. The lowest BCUT2D eigenvalue weighted by Gasteiger charge is -2.39. The van der Waals surface area contributed by atoms with E-state index in [4.69, 9.17) is 19.3 Å². The van der Waals surface area contributed by atoms with Crippen molar-refractivity contribution in [1.29, 1.82) is 0 Å². The van der Waals surface area contributed by atoms with Crippen LogP contribution in [0.15, 0.2) is 41.3 Å². The molecule has 246 valence electrons. The summed E-state index contributed by atoms with van der Waals surface area (Å²) >= 11 is 0. The number of anilines is 2. The van der Waals surface area contributed by atoms with Crippen molar-refractivity contribution >= 4 is 42.2 Å². The molecule has 1 saturated carbocycles. The van der Waals surface area contributed by atoms with E-state index < -0.39 is 60.8 Å². The molecule has 6 rings (SSSR count). The third-order valence-electron chi connectivity index (χ3n) is 8.33. The normalized spacial score (nSPS) is 19.8. The summed E-state index contributed by atoms with van der Waals surface area (Å²) in [6.07, 6.45) is 1.40. The van der Waals surface area contributed by atoms with Gasteiger partial charge < -0.3 is 38.9 Å². The zero-order chi connectivity index (χ0) is 33.0. The number of halogens is 2. The van der Waals surface area contributed by atoms with E-state index in [2.05, 4.69) is 4.52 Å². The number of cyclic esters (lactones) is 1. The van der Waals surface area contributed by atoms with Gasteiger partial charge in [-0.25, -0.2) is 22.9 Å². The number of hydrogen-bond acceptors (Lipinski definition) is 9. The molecule has 17 heteroatoms. The van der Waals surface area contributed by atoms with Gasteiger partial charge in [-0.1, -0.05) is 0 Å². The molecule has 46 heavy (non-hydrogen) atoms. The number of carboxylic acid groups (broad SMARTS) is 1. The van der Waals surface area contributed by atoms with Crippen LogP contribution in [0.1, 0.15) is 42.1 Å². The van der Waals surface area contributed by atoms with Crippen LogP contribution < -0.4 is 20.0 Å². The topological polar surface area (TPSA) is 188 Å². The summed E-state index contributed by atoms with van der Waals surface area (Å²) in [5, 5.41) is 20.6.